The monoisotopic (exact) mass is 711 g/mol. The fourth-order valence-corrected chi connectivity index (χ4v) is 8.15. The summed E-state index contributed by atoms with van der Waals surface area (Å²) in [5.41, 5.74) is 1.03. The van der Waals surface area contributed by atoms with Gasteiger partial charge in [-0.3, -0.25) is 0 Å². The number of alkyl halides is 2. The second kappa shape index (κ2) is 13.7. The highest BCUT2D eigenvalue weighted by Gasteiger charge is 2.49. The molecule has 0 radical (unpaired) electrons. The maximum atomic E-state index is 15.2. The lowest BCUT2D eigenvalue weighted by Gasteiger charge is -2.35. The van der Waals surface area contributed by atoms with Crippen molar-refractivity contribution in [2.45, 2.75) is 76.7 Å². The Balaban J connectivity index is 1.25. The Hall–Kier alpha value is -4.46. The Kier molecular flexibility index (Phi) is 9.68. The van der Waals surface area contributed by atoms with Crippen LogP contribution in [0.2, 0.25) is 0 Å². The summed E-state index contributed by atoms with van der Waals surface area (Å²) in [6, 6.07) is 11.1. The Morgan fingerprint density at radius 1 is 1.06 bits per heavy atom. The Morgan fingerprint density at radius 3 is 2.56 bits per heavy atom. The van der Waals surface area contributed by atoms with Crippen molar-refractivity contribution < 1.29 is 35.9 Å². The zero-order valence-electron chi connectivity index (χ0n) is 28.4. The number of halogens is 3. The maximum absolute atomic E-state index is 15.2. The number of aromatic nitrogens is 3. The van der Waals surface area contributed by atoms with Gasteiger partial charge in [0.2, 0.25) is 11.8 Å². The number of fused-ring (bicyclic) bond motifs is 1. The predicted octanol–water partition coefficient (Wildman–Crippen LogP) is 7.70. The van der Waals surface area contributed by atoms with Crippen molar-refractivity contribution in [3.05, 3.63) is 71.8 Å². The average Bonchev–Trinajstić information content (AvgIpc) is 3.05. The number of piperidine rings is 1. The molecule has 0 unspecified atom stereocenters. The van der Waals surface area contributed by atoms with Gasteiger partial charge in [-0.1, -0.05) is 12.1 Å². The van der Waals surface area contributed by atoms with Crippen LogP contribution in [0.25, 0.3) is 22.0 Å². The van der Waals surface area contributed by atoms with E-state index in [0.717, 1.165) is 18.9 Å². The predicted molar refractivity (Wildman–Crippen MR) is 184 cm³/mol. The number of rotatable bonds is 9. The van der Waals surface area contributed by atoms with Gasteiger partial charge in [0.15, 0.2) is 9.84 Å². The second-order valence-corrected chi connectivity index (χ2v) is 16.1. The first-order chi connectivity index (χ1) is 23.6. The van der Waals surface area contributed by atoms with Gasteiger partial charge in [0, 0.05) is 54.8 Å². The van der Waals surface area contributed by atoms with Crippen molar-refractivity contribution in [1.82, 2.24) is 19.9 Å². The molecule has 266 valence electrons. The van der Waals surface area contributed by atoms with Crippen LogP contribution in [-0.4, -0.2) is 70.8 Å². The summed E-state index contributed by atoms with van der Waals surface area (Å²) in [6.45, 7) is 8.32. The molecule has 3 heterocycles. The quantitative estimate of drug-likeness (QED) is 0.186. The lowest BCUT2D eigenvalue weighted by Crippen LogP contribution is -2.47. The number of sulfone groups is 1. The summed E-state index contributed by atoms with van der Waals surface area (Å²) in [6.07, 6.45) is 4.17. The molecule has 1 N–H and O–H groups in total. The average molecular weight is 712 g/mol. The molecule has 2 aromatic heterocycles. The van der Waals surface area contributed by atoms with Crippen LogP contribution in [0.15, 0.2) is 54.9 Å². The van der Waals surface area contributed by atoms with Crippen molar-refractivity contribution in [3.8, 4) is 22.9 Å². The number of benzene rings is 2. The van der Waals surface area contributed by atoms with Gasteiger partial charge in [-0.2, -0.15) is 0 Å². The number of amides is 1. The van der Waals surface area contributed by atoms with Crippen LogP contribution in [0.5, 0.6) is 11.6 Å². The molecule has 2 atom stereocenters. The number of hydrogen-bond donors (Lipinski definition) is 1. The van der Waals surface area contributed by atoms with Crippen molar-refractivity contribution in [2.75, 3.05) is 24.2 Å². The first-order valence-electron chi connectivity index (χ1n) is 16.6. The topological polar surface area (TPSA) is 124 Å². The molecule has 1 saturated heterocycles. The van der Waals surface area contributed by atoms with Gasteiger partial charge in [0.1, 0.15) is 17.2 Å². The number of likely N-dealkylation sites (tertiary alicyclic amines) is 1. The summed E-state index contributed by atoms with van der Waals surface area (Å²) >= 11 is 0. The van der Waals surface area contributed by atoms with E-state index in [1.807, 2.05) is 20.8 Å². The fraction of sp³-hybridized carbons (Fsp3) is 0.444. The van der Waals surface area contributed by atoms with E-state index in [0.29, 0.717) is 52.4 Å². The molecule has 1 amide bonds. The zero-order valence-corrected chi connectivity index (χ0v) is 29.2. The SMILES string of the molecule is Cc1ccc2c(CS(=O)(=O)C[C@H]3CCC3(F)F)c(F)ccc2c1Oc1ncccc1-c1ccnc(N[C@H]2CCCN(C(=O)OC(C)(C)C)C2)n1. The van der Waals surface area contributed by atoms with E-state index in [4.69, 9.17) is 14.5 Å². The molecule has 1 saturated carbocycles. The molecule has 0 spiro atoms. The van der Waals surface area contributed by atoms with Crippen LogP contribution in [0.3, 0.4) is 0 Å². The molecule has 14 heteroatoms. The largest absolute Gasteiger partial charge is 0.444 e. The Morgan fingerprint density at radius 2 is 1.84 bits per heavy atom. The van der Waals surface area contributed by atoms with Gasteiger partial charge >= 0.3 is 6.09 Å². The molecule has 2 aromatic carbocycles. The maximum Gasteiger partial charge on any atom is 0.410 e. The van der Waals surface area contributed by atoms with Crippen LogP contribution in [0.1, 0.15) is 57.6 Å². The van der Waals surface area contributed by atoms with Crippen LogP contribution < -0.4 is 10.1 Å². The third-order valence-electron chi connectivity index (χ3n) is 8.95. The third kappa shape index (κ3) is 7.95. The second-order valence-electron chi connectivity index (χ2n) is 14.0. The number of aryl methyl sites for hydroxylation is 1. The Labute approximate surface area is 289 Å². The van der Waals surface area contributed by atoms with E-state index < -0.39 is 44.6 Å². The molecule has 6 rings (SSSR count). The zero-order chi connectivity index (χ0) is 35.8. The molecular formula is C36H40F3N5O5S. The number of pyridine rings is 1. The highest BCUT2D eigenvalue weighted by atomic mass is 32.2. The van der Waals surface area contributed by atoms with E-state index in [2.05, 4.69) is 15.3 Å². The molecule has 0 bridgehead atoms. The van der Waals surface area contributed by atoms with Crippen molar-refractivity contribution in [3.63, 3.8) is 0 Å². The Bertz CT molecular complexity index is 2020. The van der Waals surface area contributed by atoms with Crippen LogP contribution in [0.4, 0.5) is 23.9 Å². The number of anilines is 1. The molecule has 1 aliphatic heterocycles. The number of nitrogens with zero attached hydrogens (tertiary/aromatic N) is 4. The number of carbonyl (C=O) groups excluding carboxylic acids is 1. The number of hydrogen-bond acceptors (Lipinski definition) is 9. The van der Waals surface area contributed by atoms with Crippen molar-refractivity contribution in [1.29, 1.82) is 0 Å². The molecule has 50 heavy (non-hydrogen) atoms. The van der Waals surface area contributed by atoms with Crippen LogP contribution >= 0.6 is 0 Å². The molecule has 10 nitrogen and oxygen atoms in total. The number of ether oxygens (including phenoxy) is 2. The highest BCUT2D eigenvalue weighted by Crippen LogP contribution is 2.45. The standard InChI is InChI=1S/C36H40F3N5O5S/c1-22-9-10-25-26(11-12-29(37)28(25)21-50(46,47)20-23-13-15-36(23,38)39)31(22)48-32-27(8-5-16-40-32)30-14-17-41-33(43-30)42-24-7-6-18-44(19-24)34(45)49-35(2,3)4/h5,8-12,14,16-17,23-24H,6-7,13,15,18-21H2,1-4H3,(H,41,42,43)/t23-,24+/m1/s1. The number of nitrogens with one attached hydrogen (secondary N) is 1. The van der Waals surface area contributed by atoms with Crippen molar-refractivity contribution >= 4 is 32.7 Å². The number of carbonyl (C=O) groups is 1. The van der Waals surface area contributed by atoms with Gasteiger partial charge in [-0.15, -0.1) is 0 Å². The smallest absolute Gasteiger partial charge is 0.410 e. The van der Waals surface area contributed by atoms with Gasteiger partial charge in [0.25, 0.3) is 5.92 Å². The normalized spacial score (nSPS) is 19.1. The third-order valence-corrected chi connectivity index (χ3v) is 10.6. The minimum absolute atomic E-state index is 0.0990. The minimum atomic E-state index is -4.05. The lowest BCUT2D eigenvalue weighted by atomic mass is 9.82. The van der Waals surface area contributed by atoms with Gasteiger partial charge in [0.05, 0.1) is 22.8 Å². The van der Waals surface area contributed by atoms with Gasteiger partial charge in [-0.05, 0) is 88.2 Å². The van der Waals surface area contributed by atoms with E-state index in [9.17, 15) is 22.0 Å². The lowest BCUT2D eigenvalue weighted by molar-refractivity contribution is -0.122. The fourth-order valence-electron chi connectivity index (χ4n) is 6.27. The summed E-state index contributed by atoms with van der Waals surface area (Å²) in [5, 5.41) is 4.08. The first-order valence-corrected chi connectivity index (χ1v) is 18.4. The van der Waals surface area contributed by atoms with E-state index >= 15 is 4.39 Å². The minimum Gasteiger partial charge on any atom is -0.444 e. The van der Waals surface area contributed by atoms with Crippen LogP contribution in [0, 0.1) is 18.7 Å². The van der Waals surface area contributed by atoms with E-state index in [1.54, 1.807) is 54.5 Å². The van der Waals surface area contributed by atoms with Gasteiger partial charge in [-0.25, -0.2) is 41.3 Å². The molecular weight excluding hydrogens is 671 g/mol. The first kappa shape index (κ1) is 35.4. The molecule has 1 aliphatic carbocycles. The summed E-state index contributed by atoms with van der Waals surface area (Å²) in [7, 11) is -4.05. The van der Waals surface area contributed by atoms with Gasteiger partial charge < -0.3 is 19.7 Å². The summed E-state index contributed by atoms with van der Waals surface area (Å²) < 4.78 is 80.9. The summed E-state index contributed by atoms with van der Waals surface area (Å²) in [4.78, 5) is 27.9. The highest BCUT2D eigenvalue weighted by molar-refractivity contribution is 7.90. The molecule has 2 fully saturated rings. The molecule has 4 aromatic rings. The van der Waals surface area contributed by atoms with Crippen LogP contribution in [-0.2, 0) is 20.3 Å². The van der Waals surface area contributed by atoms with E-state index in [-0.39, 0.29) is 36.4 Å². The van der Waals surface area contributed by atoms with Crippen molar-refractivity contribution in [2.24, 2.45) is 5.92 Å². The molecule has 2 aliphatic rings. The van der Waals surface area contributed by atoms with E-state index in [1.165, 1.54) is 6.07 Å². The summed E-state index contributed by atoms with van der Waals surface area (Å²) in [5.74, 6) is -5.56.